The molecule has 152 valence electrons. The zero-order valence-electron chi connectivity index (χ0n) is 17.6. The number of carbonyl (C=O) groups excluding carboxylic acids is 1. The first kappa shape index (κ1) is 21.8. The van der Waals surface area contributed by atoms with E-state index in [0.29, 0.717) is 17.6 Å². The van der Waals surface area contributed by atoms with Gasteiger partial charge in [-0.3, -0.25) is 4.79 Å². The van der Waals surface area contributed by atoms with Gasteiger partial charge in [0.25, 0.3) is 6.47 Å². The molecule has 3 nitrogen and oxygen atoms in total. The molecule has 1 aromatic rings. The van der Waals surface area contributed by atoms with Crippen molar-refractivity contribution in [2.75, 3.05) is 0 Å². The predicted octanol–water partition coefficient (Wildman–Crippen LogP) is 6.35. The lowest BCUT2D eigenvalue weighted by atomic mass is 9.89. The molecule has 0 atom stereocenters. The van der Waals surface area contributed by atoms with E-state index in [0.717, 1.165) is 50.5 Å². The van der Waals surface area contributed by atoms with Gasteiger partial charge in [-0.1, -0.05) is 52.2 Å². The van der Waals surface area contributed by atoms with E-state index in [1.54, 1.807) is 0 Å². The molecule has 1 fully saturated rings. The molecule has 1 aromatic carbocycles. The third kappa shape index (κ3) is 8.36. The van der Waals surface area contributed by atoms with Gasteiger partial charge >= 0.3 is 0 Å². The number of aromatic hydroxyl groups is 1. The molecule has 1 aliphatic rings. The zero-order chi connectivity index (χ0) is 19.8. The number of ether oxygens (including phenoxy) is 1. The van der Waals surface area contributed by atoms with Gasteiger partial charge < -0.3 is 9.84 Å². The van der Waals surface area contributed by atoms with Crippen molar-refractivity contribution in [3.63, 3.8) is 0 Å². The number of phenolic OH excluding ortho intramolecular Hbond substituents is 1. The van der Waals surface area contributed by atoms with Crippen molar-refractivity contribution >= 4 is 6.47 Å². The first-order valence-corrected chi connectivity index (χ1v) is 10.8. The van der Waals surface area contributed by atoms with E-state index in [2.05, 4.69) is 32.9 Å². The molecule has 27 heavy (non-hydrogen) atoms. The second-order valence-electron chi connectivity index (χ2n) is 9.54. The van der Waals surface area contributed by atoms with Crippen LogP contribution in [0.15, 0.2) is 18.2 Å². The van der Waals surface area contributed by atoms with Gasteiger partial charge in [0, 0.05) is 0 Å². The van der Waals surface area contributed by atoms with Crippen LogP contribution in [0.3, 0.4) is 0 Å². The summed E-state index contributed by atoms with van der Waals surface area (Å²) in [5.41, 5.74) is 2.69. The van der Waals surface area contributed by atoms with Crippen LogP contribution in [0.1, 0.15) is 96.1 Å². The third-order valence-electron chi connectivity index (χ3n) is 5.72. The first-order chi connectivity index (χ1) is 12.8. The fourth-order valence-electron chi connectivity index (χ4n) is 3.76. The maximum atomic E-state index is 10.5. The van der Waals surface area contributed by atoms with Crippen LogP contribution in [0.2, 0.25) is 0 Å². The highest BCUT2D eigenvalue weighted by Crippen LogP contribution is 2.43. The summed E-state index contributed by atoms with van der Waals surface area (Å²) < 4.78 is 5.20. The van der Waals surface area contributed by atoms with Crippen molar-refractivity contribution in [1.82, 2.24) is 0 Å². The van der Waals surface area contributed by atoms with Crippen molar-refractivity contribution in [1.29, 1.82) is 0 Å². The van der Waals surface area contributed by atoms with Crippen molar-refractivity contribution in [2.24, 2.45) is 5.41 Å². The average Bonchev–Trinajstić information content (AvgIpc) is 3.36. The molecule has 0 amide bonds. The minimum atomic E-state index is -0.154. The Balaban J connectivity index is 1.66. The van der Waals surface area contributed by atoms with Crippen LogP contribution < -0.4 is 0 Å². The molecule has 0 heterocycles. The predicted molar refractivity (Wildman–Crippen MR) is 111 cm³/mol. The van der Waals surface area contributed by atoms with Crippen LogP contribution in [0, 0.1) is 5.41 Å². The van der Waals surface area contributed by atoms with E-state index in [-0.39, 0.29) is 5.60 Å². The lowest BCUT2D eigenvalue weighted by Crippen LogP contribution is -2.12. The number of phenols is 1. The molecular weight excluding hydrogens is 336 g/mol. The van der Waals surface area contributed by atoms with Crippen LogP contribution in [0.25, 0.3) is 0 Å². The molecule has 1 saturated carbocycles. The second kappa shape index (κ2) is 10.1. The maximum Gasteiger partial charge on any atom is 0.293 e. The van der Waals surface area contributed by atoms with E-state index >= 15 is 0 Å². The molecule has 2 rings (SSSR count). The van der Waals surface area contributed by atoms with Crippen LogP contribution in [-0.4, -0.2) is 17.2 Å². The minimum absolute atomic E-state index is 0.154. The highest BCUT2D eigenvalue weighted by molar-refractivity contribution is 5.39. The maximum absolute atomic E-state index is 10.5. The summed E-state index contributed by atoms with van der Waals surface area (Å²) in [6, 6.07) is 6.09. The molecule has 3 heteroatoms. The van der Waals surface area contributed by atoms with Crippen molar-refractivity contribution < 1.29 is 14.6 Å². The molecular formula is C24H38O3. The van der Waals surface area contributed by atoms with Crippen LogP contribution >= 0.6 is 0 Å². The van der Waals surface area contributed by atoms with Gasteiger partial charge in [-0.15, -0.1) is 0 Å². The summed E-state index contributed by atoms with van der Waals surface area (Å²) in [4.78, 5) is 10.5. The fourth-order valence-corrected chi connectivity index (χ4v) is 3.76. The van der Waals surface area contributed by atoms with Crippen LogP contribution in [0.4, 0.5) is 0 Å². The van der Waals surface area contributed by atoms with Gasteiger partial charge in [0.2, 0.25) is 0 Å². The van der Waals surface area contributed by atoms with Crippen LogP contribution in [-0.2, 0) is 22.4 Å². The Hall–Kier alpha value is -1.51. The van der Waals surface area contributed by atoms with Gasteiger partial charge in [-0.25, -0.2) is 0 Å². The van der Waals surface area contributed by atoms with Gasteiger partial charge in [-0.05, 0) is 80.4 Å². The second-order valence-corrected chi connectivity index (χ2v) is 9.54. The van der Waals surface area contributed by atoms with Gasteiger partial charge in [0.1, 0.15) is 11.4 Å². The Morgan fingerprint density at radius 2 is 1.74 bits per heavy atom. The number of unbranched alkanes of at least 4 members (excludes halogenated alkanes) is 4. The third-order valence-corrected chi connectivity index (χ3v) is 5.72. The van der Waals surface area contributed by atoms with E-state index in [4.69, 9.17) is 4.74 Å². The topological polar surface area (TPSA) is 46.5 Å². The standard InChI is InChI=1S/C24H38O3/c1-23(2,3)14-8-5-4-6-10-20-12-13-22(26)21(18-20)11-7-9-15-24(16-17-24)27-19-25/h12-13,18-19,26H,4-11,14-17H2,1-3H3. The number of aryl methyl sites for hydroxylation is 2. The Bertz CT molecular complexity index is 582. The van der Waals surface area contributed by atoms with Crippen molar-refractivity contribution in [2.45, 2.75) is 103 Å². The largest absolute Gasteiger partial charge is 0.508 e. The van der Waals surface area contributed by atoms with E-state index < -0.39 is 0 Å². The Morgan fingerprint density at radius 1 is 1.04 bits per heavy atom. The molecule has 1 N–H and O–H groups in total. The SMILES string of the molecule is CC(C)(C)CCCCCCc1ccc(O)c(CCCCC2(OC=O)CC2)c1. The normalized spacial score (nSPS) is 15.5. The summed E-state index contributed by atoms with van der Waals surface area (Å²) in [5, 5.41) is 10.1. The monoisotopic (exact) mass is 374 g/mol. The average molecular weight is 375 g/mol. The highest BCUT2D eigenvalue weighted by atomic mass is 16.5. The quantitative estimate of drug-likeness (QED) is 0.323. The summed E-state index contributed by atoms with van der Waals surface area (Å²) in [6.07, 6.45) is 13.4. The first-order valence-electron chi connectivity index (χ1n) is 10.8. The number of hydrogen-bond acceptors (Lipinski definition) is 3. The van der Waals surface area contributed by atoms with E-state index in [9.17, 15) is 9.90 Å². The molecule has 0 unspecified atom stereocenters. The van der Waals surface area contributed by atoms with E-state index in [1.807, 2.05) is 6.07 Å². The summed E-state index contributed by atoms with van der Waals surface area (Å²) in [7, 11) is 0. The molecule has 0 aliphatic heterocycles. The van der Waals surface area contributed by atoms with Crippen molar-refractivity contribution in [3.8, 4) is 5.75 Å². The Labute approximate surface area is 165 Å². The summed E-state index contributed by atoms with van der Waals surface area (Å²) >= 11 is 0. The Kier molecular flexibility index (Phi) is 8.19. The minimum Gasteiger partial charge on any atom is -0.508 e. The van der Waals surface area contributed by atoms with Gasteiger partial charge in [0.05, 0.1) is 0 Å². The van der Waals surface area contributed by atoms with Gasteiger partial charge in [0.15, 0.2) is 0 Å². The number of rotatable bonds is 13. The fraction of sp³-hybridized carbons (Fsp3) is 0.708. The van der Waals surface area contributed by atoms with Crippen molar-refractivity contribution in [3.05, 3.63) is 29.3 Å². The van der Waals surface area contributed by atoms with Crippen LogP contribution in [0.5, 0.6) is 5.75 Å². The molecule has 0 aromatic heterocycles. The molecule has 0 radical (unpaired) electrons. The molecule has 0 bridgehead atoms. The number of hydrogen-bond donors (Lipinski definition) is 1. The number of carbonyl (C=O) groups is 1. The smallest absolute Gasteiger partial charge is 0.293 e. The Morgan fingerprint density at radius 3 is 2.41 bits per heavy atom. The molecule has 1 aliphatic carbocycles. The summed E-state index contributed by atoms with van der Waals surface area (Å²) in [6.45, 7) is 7.52. The zero-order valence-corrected chi connectivity index (χ0v) is 17.6. The lowest BCUT2D eigenvalue weighted by molar-refractivity contribution is -0.135. The molecule has 0 saturated heterocycles. The highest BCUT2D eigenvalue weighted by Gasteiger charge is 2.44. The van der Waals surface area contributed by atoms with Gasteiger partial charge in [-0.2, -0.15) is 0 Å². The number of benzene rings is 1. The molecule has 0 spiro atoms. The lowest BCUT2D eigenvalue weighted by Gasteiger charge is -2.17. The summed E-state index contributed by atoms with van der Waals surface area (Å²) in [5.74, 6) is 0.411. The van der Waals surface area contributed by atoms with E-state index in [1.165, 1.54) is 37.7 Å².